The van der Waals surface area contributed by atoms with E-state index >= 15 is 0 Å². The summed E-state index contributed by atoms with van der Waals surface area (Å²) in [6.45, 7) is 7.78. The van der Waals surface area contributed by atoms with E-state index in [0.29, 0.717) is 30.1 Å². The fourth-order valence-electron chi connectivity index (χ4n) is 6.34. The van der Waals surface area contributed by atoms with Crippen molar-refractivity contribution in [3.8, 4) is 5.75 Å². The molecule has 1 fully saturated rings. The Hall–Kier alpha value is -3.39. The lowest BCUT2D eigenvalue weighted by atomic mass is 9.86. The summed E-state index contributed by atoms with van der Waals surface area (Å²) < 4.78 is 6.25. The molecule has 1 saturated heterocycles. The number of guanidine groups is 1. The van der Waals surface area contributed by atoms with Crippen molar-refractivity contribution in [1.29, 1.82) is 0 Å². The van der Waals surface area contributed by atoms with Crippen LogP contribution in [0.4, 0.5) is 0 Å². The van der Waals surface area contributed by atoms with Gasteiger partial charge in [-0.25, -0.2) is 4.99 Å². The smallest absolute Gasteiger partial charge is 0.251 e. The van der Waals surface area contributed by atoms with Crippen molar-refractivity contribution in [1.82, 2.24) is 15.5 Å². The normalized spacial score (nSPS) is 31.0. The fraction of sp³-hybridized carbons (Fsp3) is 0.464. The van der Waals surface area contributed by atoms with E-state index in [9.17, 15) is 14.7 Å². The minimum atomic E-state index is -1.08. The Bertz CT molecular complexity index is 1310. The van der Waals surface area contributed by atoms with E-state index in [-0.39, 0.29) is 17.4 Å². The van der Waals surface area contributed by atoms with Gasteiger partial charge in [0.15, 0.2) is 0 Å². The van der Waals surface area contributed by atoms with Crippen LogP contribution in [-0.2, 0) is 11.2 Å². The number of aliphatic imine (C=N–C) groups is 1. The van der Waals surface area contributed by atoms with Crippen molar-refractivity contribution in [3.63, 3.8) is 0 Å². The largest absolute Gasteiger partial charge is 0.463 e. The van der Waals surface area contributed by atoms with E-state index in [1.54, 1.807) is 30.0 Å². The molecule has 0 bridgehead atoms. The van der Waals surface area contributed by atoms with Crippen LogP contribution >= 0.6 is 0 Å². The van der Waals surface area contributed by atoms with Gasteiger partial charge in [-0.05, 0) is 56.0 Å². The summed E-state index contributed by atoms with van der Waals surface area (Å²) in [5.74, 6) is 0.888. The first kappa shape index (κ1) is 23.0. The van der Waals surface area contributed by atoms with Crippen LogP contribution in [0.25, 0.3) is 0 Å². The molecule has 1 aliphatic carbocycles. The van der Waals surface area contributed by atoms with Crippen LogP contribution in [0.15, 0.2) is 47.5 Å². The summed E-state index contributed by atoms with van der Waals surface area (Å²) in [5, 5.41) is 17.6. The van der Waals surface area contributed by atoms with Crippen molar-refractivity contribution in [2.45, 2.75) is 82.3 Å². The van der Waals surface area contributed by atoms with Gasteiger partial charge >= 0.3 is 0 Å². The minimum Gasteiger partial charge on any atom is -0.463 e. The van der Waals surface area contributed by atoms with Crippen molar-refractivity contribution >= 4 is 17.8 Å². The second-order valence-corrected chi connectivity index (χ2v) is 10.9. The standard InChI is InChI=1S/C28H32N4O4/c1-5-28(6-2)15-21(33)32-23-19-13-16(11-12-20(19)36-27(23,4)30-25(32)31-28)24(34)29-22-18-10-8-7-9-17(18)14-26(22,3)35/h7-13,22-23,35H,5-6,14-15H2,1-4H3,(H,29,34)(H,30,31)/t22-,23+,26-,27?/m1/s1. The van der Waals surface area contributed by atoms with Crippen LogP contribution in [0, 0.1) is 0 Å². The molecule has 3 aliphatic heterocycles. The molecule has 0 saturated carbocycles. The molecule has 0 aromatic heterocycles. The molecule has 4 aliphatic rings. The zero-order chi connectivity index (χ0) is 25.5. The average molecular weight is 489 g/mol. The highest BCUT2D eigenvalue weighted by molar-refractivity contribution is 6.03. The molecule has 6 rings (SSSR count). The SMILES string of the molecule is CCC1(CC)CC(=O)N2C(=NC3(C)Oc4ccc(C(=O)N[C@@H]5c6ccccc6C[C@@]5(C)O)cc4[C@H]23)N1. The lowest BCUT2D eigenvalue weighted by Crippen LogP contribution is -2.61. The predicted octanol–water partition coefficient (Wildman–Crippen LogP) is 3.36. The Morgan fingerprint density at radius 2 is 1.92 bits per heavy atom. The Kier molecular flexibility index (Phi) is 4.83. The molecule has 3 N–H and O–H groups in total. The van der Waals surface area contributed by atoms with Gasteiger partial charge in [0.1, 0.15) is 11.8 Å². The van der Waals surface area contributed by atoms with Crippen LogP contribution in [0.5, 0.6) is 5.75 Å². The summed E-state index contributed by atoms with van der Waals surface area (Å²) in [4.78, 5) is 33.3. The van der Waals surface area contributed by atoms with Crippen molar-refractivity contribution < 1.29 is 19.4 Å². The molecule has 3 heterocycles. The molecule has 2 amide bonds. The van der Waals surface area contributed by atoms with E-state index in [1.807, 2.05) is 31.2 Å². The Balaban J connectivity index is 1.30. The van der Waals surface area contributed by atoms with Gasteiger partial charge in [0.2, 0.25) is 17.6 Å². The van der Waals surface area contributed by atoms with E-state index in [0.717, 1.165) is 29.5 Å². The number of carbonyl (C=O) groups excluding carboxylic acids is 2. The molecule has 2 aromatic rings. The van der Waals surface area contributed by atoms with Gasteiger partial charge in [0.25, 0.3) is 5.91 Å². The summed E-state index contributed by atoms with van der Waals surface area (Å²) in [6, 6.07) is 12.1. The van der Waals surface area contributed by atoms with E-state index in [2.05, 4.69) is 24.5 Å². The molecule has 36 heavy (non-hydrogen) atoms. The predicted molar refractivity (Wildman–Crippen MR) is 135 cm³/mol. The number of rotatable bonds is 4. The van der Waals surface area contributed by atoms with Crippen molar-refractivity contribution in [2.24, 2.45) is 4.99 Å². The van der Waals surface area contributed by atoms with Gasteiger partial charge in [-0.2, -0.15) is 0 Å². The number of benzene rings is 2. The lowest BCUT2D eigenvalue weighted by molar-refractivity contribution is -0.133. The van der Waals surface area contributed by atoms with Gasteiger partial charge < -0.3 is 20.5 Å². The molecular weight excluding hydrogens is 456 g/mol. The molecular formula is C28H32N4O4. The van der Waals surface area contributed by atoms with Gasteiger partial charge in [0, 0.05) is 23.1 Å². The van der Waals surface area contributed by atoms with Crippen LogP contribution in [-0.4, -0.2) is 44.6 Å². The van der Waals surface area contributed by atoms with Crippen molar-refractivity contribution in [2.75, 3.05) is 0 Å². The first-order chi connectivity index (χ1) is 17.1. The van der Waals surface area contributed by atoms with E-state index in [4.69, 9.17) is 9.73 Å². The number of nitrogens with zero attached hydrogens (tertiary/aromatic N) is 2. The highest BCUT2D eigenvalue weighted by Gasteiger charge is 2.59. The number of amides is 2. The highest BCUT2D eigenvalue weighted by Crippen LogP contribution is 2.52. The highest BCUT2D eigenvalue weighted by atomic mass is 16.5. The van der Waals surface area contributed by atoms with Crippen LogP contribution in [0.3, 0.4) is 0 Å². The third-order valence-electron chi connectivity index (χ3n) is 8.51. The van der Waals surface area contributed by atoms with Gasteiger partial charge in [0.05, 0.1) is 18.1 Å². The van der Waals surface area contributed by atoms with E-state index < -0.39 is 23.4 Å². The van der Waals surface area contributed by atoms with Crippen molar-refractivity contribution in [3.05, 3.63) is 64.7 Å². The number of aliphatic hydroxyl groups is 1. The third kappa shape index (κ3) is 3.20. The third-order valence-corrected chi connectivity index (χ3v) is 8.51. The molecule has 8 heteroatoms. The van der Waals surface area contributed by atoms with Crippen LogP contribution in [0.2, 0.25) is 0 Å². The number of hydrogen-bond acceptors (Lipinski definition) is 6. The number of hydrogen-bond donors (Lipinski definition) is 3. The zero-order valence-electron chi connectivity index (χ0n) is 21.1. The maximum atomic E-state index is 13.4. The first-order valence-electron chi connectivity index (χ1n) is 12.7. The monoisotopic (exact) mass is 488 g/mol. The fourth-order valence-corrected chi connectivity index (χ4v) is 6.34. The zero-order valence-corrected chi connectivity index (χ0v) is 21.1. The number of nitrogens with one attached hydrogen (secondary N) is 2. The Morgan fingerprint density at radius 3 is 2.67 bits per heavy atom. The Morgan fingerprint density at radius 1 is 1.17 bits per heavy atom. The Labute approximate surface area is 210 Å². The number of ether oxygens (including phenoxy) is 1. The molecule has 0 radical (unpaired) electrons. The molecule has 2 aromatic carbocycles. The summed E-state index contributed by atoms with van der Waals surface area (Å²) in [5.41, 5.74) is 0.835. The van der Waals surface area contributed by atoms with E-state index in [1.165, 1.54) is 0 Å². The maximum absolute atomic E-state index is 13.4. The molecule has 8 nitrogen and oxygen atoms in total. The summed E-state index contributed by atoms with van der Waals surface area (Å²) >= 11 is 0. The van der Waals surface area contributed by atoms with Gasteiger partial charge in [-0.1, -0.05) is 38.1 Å². The lowest BCUT2D eigenvalue weighted by Gasteiger charge is -2.42. The molecule has 1 unspecified atom stereocenters. The average Bonchev–Trinajstić information content (AvgIpc) is 3.39. The van der Waals surface area contributed by atoms with Crippen LogP contribution < -0.4 is 15.4 Å². The summed E-state index contributed by atoms with van der Waals surface area (Å²) in [6.07, 6.45) is 2.50. The number of carbonyl (C=O) groups is 2. The summed E-state index contributed by atoms with van der Waals surface area (Å²) in [7, 11) is 0. The maximum Gasteiger partial charge on any atom is 0.251 e. The van der Waals surface area contributed by atoms with Gasteiger partial charge in [-0.15, -0.1) is 0 Å². The minimum absolute atomic E-state index is 0.00911. The second kappa shape index (κ2) is 7.56. The van der Waals surface area contributed by atoms with Crippen LogP contribution in [0.1, 0.15) is 86.1 Å². The number of fused-ring (bicyclic) bond motifs is 6. The quantitative estimate of drug-likeness (QED) is 0.612. The molecule has 4 atom stereocenters. The van der Waals surface area contributed by atoms with Gasteiger partial charge in [-0.3, -0.25) is 14.5 Å². The molecule has 188 valence electrons. The topological polar surface area (TPSA) is 103 Å². The second-order valence-electron chi connectivity index (χ2n) is 10.9. The first-order valence-corrected chi connectivity index (χ1v) is 12.7. The molecule has 0 spiro atoms.